The van der Waals surface area contributed by atoms with Gasteiger partial charge in [0.2, 0.25) is 10.0 Å². The topological polar surface area (TPSA) is 279 Å². The van der Waals surface area contributed by atoms with Crippen molar-refractivity contribution >= 4 is 83.8 Å². The largest absolute Gasteiger partial charge is 0.594 e. The molecule has 0 amide bonds. The van der Waals surface area contributed by atoms with Gasteiger partial charge in [-0.3, -0.25) is 4.79 Å². The molecule has 0 bridgehead atoms. The molecule has 0 atom stereocenters. The average Bonchev–Trinajstić information content (AvgIpc) is 3.36. The van der Waals surface area contributed by atoms with Crippen LogP contribution in [0.15, 0.2) is 65.8 Å². The Bertz CT molecular complexity index is 3000. The molecule has 2 saturated heterocycles. The molecular weight excluding hydrogens is 1070 g/mol. The Hall–Kier alpha value is -6.28. The quantitative estimate of drug-likeness (QED) is 0.0547. The highest BCUT2D eigenvalue weighted by Gasteiger charge is 2.27. The number of fused-ring (bicyclic) bond motifs is 2. The number of nitrogens with one attached hydrogen (secondary N) is 1. The molecule has 2 fully saturated rings. The van der Waals surface area contributed by atoms with Gasteiger partial charge < -0.3 is 54.0 Å². The van der Waals surface area contributed by atoms with Gasteiger partial charge in [0.1, 0.15) is 29.9 Å². The number of anilines is 3. The van der Waals surface area contributed by atoms with E-state index in [1.54, 1.807) is 94.8 Å². The summed E-state index contributed by atoms with van der Waals surface area (Å²) in [6.07, 6.45) is 10.6. The molecule has 2 aromatic carbocycles. The van der Waals surface area contributed by atoms with Gasteiger partial charge >= 0.3 is 16.2 Å². The lowest BCUT2D eigenvalue weighted by molar-refractivity contribution is -0.511. The number of methoxy groups -OCH3 is 4. The van der Waals surface area contributed by atoms with Gasteiger partial charge in [-0.25, -0.2) is 33.1 Å². The molecule has 78 heavy (non-hydrogen) atoms. The molecule has 0 saturated carbocycles. The number of aromatic nitrogens is 5. The zero-order chi connectivity index (χ0) is 56.7. The number of hydrogen-bond acceptors (Lipinski definition) is 20. The third-order valence-corrected chi connectivity index (χ3v) is 14.8. The summed E-state index contributed by atoms with van der Waals surface area (Å²) in [7, 11) is 2.29. The number of hydrogen-bond donors (Lipinski definition) is 2. The molecule has 3 aromatic heterocycles. The number of piperidine rings is 2. The summed E-state index contributed by atoms with van der Waals surface area (Å²) in [5.74, 6) is 4.15. The predicted octanol–water partition coefficient (Wildman–Crippen LogP) is 4.81. The van der Waals surface area contributed by atoms with E-state index in [1.807, 2.05) is 43.3 Å². The average molecular weight is 1150 g/mol. The van der Waals surface area contributed by atoms with Gasteiger partial charge in [-0.05, 0) is 89.8 Å². The van der Waals surface area contributed by atoms with E-state index in [0.29, 0.717) is 41.9 Å². The van der Waals surface area contributed by atoms with Crippen molar-refractivity contribution in [1.29, 1.82) is 0 Å². The van der Waals surface area contributed by atoms with Crippen LogP contribution in [-0.4, -0.2) is 148 Å². The number of nitrogens with zero attached hydrogens (tertiary/aromatic N) is 9. The Morgan fingerprint density at radius 2 is 1.14 bits per heavy atom. The first-order valence-corrected chi connectivity index (χ1v) is 28.4. The lowest BCUT2D eigenvalue weighted by Gasteiger charge is -2.33. The number of nitrogens with two attached hydrogens (primary N) is 1. The standard InChI is InChI=1S/C23H34N4O6S.C17H24N4O2.C12H19N3O4S.ClH/c1-23(2,3)33-21(28)14-34(29,30)26-9-6-16-7-10-27(11-8-16)22-17-12-19(31-4)20(32-5)13-18(17)24-15-25-22;1-22-15-9-13-14(10-16(15)23-2)19-11-20-17(13)21-7-4-12(3-6-18)5-8-21;1-12(2,3)19-11(16)13-20(17,18)15-8-6-10(7-9-15)14(4)5;/h12-13,15-16,26H,6-11,14H2,1-5H3;9-12H,3-8,18H2,1-2H3;6-9H,1-5H3;1H. The van der Waals surface area contributed by atoms with Gasteiger partial charge in [0.05, 0.1) is 39.5 Å². The number of rotatable bonds is 17. The van der Waals surface area contributed by atoms with E-state index in [-0.39, 0.29) is 12.4 Å². The second kappa shape index (κ2) is 28.6. The molecule has 26 heteroatoms. The van der Waals surface area contributed by atoms with Crippen molar-refractivity contribution in [2.24, 2.45) is 22.0 Å². The number of halogens is 1. The molecule has 0 spiro atoms. The smallest absolute Gasteiger partial charge is 0.493 e. The molecule has 5 aromatic rings. The summed E-state index contributed by atoms with van der Waals surface area (Å²) in [6.45, 7) is 14.7. The first-order valence-electron chi connectivity index (χ1n) is 25.3. The third kappa shape index (κ3) is 19.0. The van der Waals surface area contributed by atoms with Gasteiger partial charge in [-0.15, -0.1) is 20.8 Å². The fraction of sp³-hybridized carbons (Fsp3) is 0.558. The minimum absolute atomic E-state index is 0. The molecular formula is C52H78ClN11O12S2. The summed E-state index contributed by atoms with van der Waals surface area (Å²) < 4.78 is 86.1. The van der Waals surface area contributed by atoms with Gasteiger partial charge in [-0.2, -0.15) is 0 Å². The van der Waals surface area contributed by atoms with Crippen LogP contribution in [0.1, 0.15) is 80.1 Å². The van der Waals surface area contributed by atoms with Crippen molar-refractivity contribution in [3.8, 4) is 23.0 Å². The van der Waals surface area contributed by atoms with E-state index < -0.39 is 49.2 Å². The highest BCUT2D eigenvalue weighted by molar-refractivity contribution is 7.90. The molecule has 0 radical (unpaired) electrons. The first kappa shape index (κ1) is 64.2. The Balaban J connectivity index is 0.000000262. The van der Waals surface area contributed by atoms with E-state index in [4.69, 9.17) is 34.2 Å². The predicted molar refractivity (Wildman–Crippen MR) is 302 cm³/mol. The molecule has 5 heterocycles. The van der Waals surface area contributed by atoms with Crippen LogP contribution in [0.3, 0.4) is 0 Å². The van der Waals surface area contributed by atoms with Crippen LogP contribution in [0, 0.1) is 11.8 Å². The van der Waals surface area contributed by atoms with Gasteiger partial charge in [0.25, 0.3) is 0 Å². The zero-order valence-corrected chi connectivity index (χ0v) is 49.3. The van der Waals surface area contributed by atoms with E-state index in [9.17, 15) is 26.7 Å². The van der Waals surface area contributed by atoms with Crippen molar-refractivity contribution < 1.29 is 59.1 Å². The molecule has 3 N–H and O–H groups in total. The maximum absolute atomic E-state index is 12.2. The summed E-state index contributed by atoms with van der Waals surface area (Å²) in [6, 6.07) is 10.8. The normalized spacial score (nSPS) is 14.8. The number of ether oxygens (including phenoxy) is 6. The van der Waals surface area contributed by atoms with E-state index in [2.05, 4.69) is 38.9 Å². The maximum Gasteiger partial charge on any atom is 0.493 e. The number of carbonyl (C=O) groups is 1. The second-order valence-corrected chi connectivity index (χ2v) is 23.9. The van der Waals surface area contributed by atoms with Gasteiger partial charge in [0, 0.05) is 93.1 Å². The fourth-order valence-electron chi connectivity index (χ4n) is 8.62. The minimum Gasteiger partial charge on any atom is -0.594 e. The van der Waals surface area contributed by atoms with Crippen LogP contribution in [0.5, 0.6) is 23.0 Å². The molecule has 0 unspecified atom stereocenters. The van der Waals surface area contributed by atoms with E-state index in [0.717, 1.165) is 114 Å². The van der Waals surface area contributed by atoms with Crippen molar-refractivity contribution in [2.45, 2.75) is 91.3 Å². The zero-order valence-electron chi connectivity index (χ0n) is 46.8. The van der Waals surface area contributed by atoms with E-state index in [1.165, 1.54) is 12.4 Å². The van der Waals surface area contributed by atoms with Gasteiger partial charge in [0.15, 0.2) is 47.2 Å². The molecule has 2 aliphatic rings. The molecule has 2 aliphatic heterocycles. The van der Waals surface area contributed by atoms with Crippen LogP contribution < -0.4 is 53.2 Å². The number of sulfonamides is 1. The SMILES string of the molecule is CN(C)c1cc[n+](S(=O)(=O)N=C([O-])OC(C)(C)C)cc1.COc1cc2ncnc(N3CCC(CCN)CC3)c2cc1OC.COc1cc2ncnc(N3CCC(CCNS(=O)(=O)CC(=O)OC(C)(C)C)CC3)c2cc1OC.Cl. The van der Waals surface area contributed by atoms with Gasteiger partial charge in [-0.1, -0.05) is 29.1 Å². The fourth-order valence-corrected chi connectivity index (χ4v) is 10.3. The maximum atomic E-state index is 12.2. The molecule has 432 valence electrons. The Morgan fingerprint density at radius 1 is 0.718 bits per heavy atom. The highest BCUT2D eigenvalue weighted by atomic mass is 35.5. The molecule has 0 aliphatic carbocycles. The van der Waals surface area contributed by atoms with Crippen molar-refractivity contribution in [2.75, 3.05) is 102 Å². The van der Waals surface area contributed by atoms with Crippen molar-refractivity contribution in [3.05, 3.63) is 61.4 Å². The number of carbonyl (C=O) groups excluding carboxylic acids is 1. The minimum atomic E-state index is -4.13. The van der Waals surface area contributed by atoms with Crippen LogP contribution in [-0.2, 0) is 34.5 Å². The molecule has 7 rings (SSSR count). The first-order chi connectivity index (χ1) is 36.3. The third-order valence-electron chi connectivity index (χ3n) is 12.4. The summed E-state index contributed by atoms with van der Waals surface area (Å²) in [5, 5.41) is 13.3. The lowest BCUT2D eigenvalue weighted by Crippen LogP contribution is -2.43. The van der Waals surface area contributed by atoms with Crippen LogP contribution in [0.4, 0.5) is 17.3 Å². The second-order valence-electron chi connectivity index (χ2n) is 20.6. The highest BCUT2D eigenvalue weighted by Crippen LogP contribution is 2.37. The number of benzene rings is 2. The number of pyridine rings is 1. The van der Waals surface area contributed by atoms with Crippen LogP contribution >= 0.6 is 12.4 Å². The van der Waals surface area contributed by atoms with Crippen LogP contribution in [0.2, 0.25) is 0 Å². The summed E-state index contributed by atoms with van der Waals surface area (Å²) in [4.78, 5) is 36.0. The van der Waals surface area contributed by atoms with Crippen molar-refractivity contribution in [3.63, 3.8) is 0 Å². The Kier molecular flexibility index (Phi) is 23.5. The summed E-state index contributed by atoms with van der Waals surface area (Å²) in [5.41, 5.74) is 6.65. The monoisotopic (exact) mass is 1150 g/mol. The Morgan fingerprint density at radius 3 is 1.54 bits per heavy atom. The molecule has 23 nitrogen and oxygen atoms in total. The van der Waals surface area contributed by atoms with Crippen molar-refractivity contribution in [1.82, 2.24) is 24.7 Å². The van der Waals surface area contributed by atoms with Crippen LogP contribution in [0.25, 0.3) is 21.8 Å². The lowest BCUT2D eigenvalue weighted by atomic mass is 9.93. The Labute approximate surface area is 465 Å². The summed E-state index contributed by atoms with van der Waals surface area (Å²) >= 11 is 0. The van der Waals surface area contributed by atoms with E-state index >= 15 is 0 Å². The number of esters is 1.